The van der Waals surface area contributed by atoms with Crippen molar-refractivity contribution in [3.63, 3.8) is 0 Å². The lowest BCUT2D eigenvalue weighted by atomic mass is 10.1. The Morgan fingerprint density at radius 3 is 2.75 bits per heavy atom. The fraction of sp³-hybridized carbons (Fsp3) is 0.333. The van der Waals surface area contributed by atoms with Gasteiger partial charge in [-0.1, -0.05) is 18.2 Å². The lowest BCUT2D eigenvalue weighted by Gasteiger charge is -2.26. The van der Waals surface area contributed by atoms with E-state index in [1.807, 2.05) is 24.3 Å². The van der Waals surface area contributed by atoms with E-state index in [2.05, 4.69) is 10.6 Å². The number of anilines is 1. The summed E-state index contributed by atoms with van der Waals surface area (Å²) >= 11 is 0. The number of ether oxygens (including phenoxy) is 3. The second-order valence-corrected chi connectivity index (χ2v) is 6.78. The molecule has 2 heterocycles. The van der Waals surface area contributed by atoms with Crippen LogP contribution in [0.4, 0.5) is 5.69 Å². The third-order valence-corrected chi connectivity index (χ3v) is 4.67. The number of carbonyl (C=O) groups is 2. The average Bonchev–Trinajstić information content (AvgIpc) is 3.27. The molecule has 2 aliphatic rings. The molecule has 0 bridgehead atoms. The predicted octanol–water partition coefficient (Wildman–Crippen LogP) is 2.37. The summed E-state index contributed by atoms with van der Waals surface area (Å²) in [6.07, 6.45) is 0.932. The van der Waals surface area contributed by atoms with Gasteiger partial charge in [-0.2, -0.15) is 0 Å². The number of rotatable bonds is 5. The van der Waals surface area contributed by atoms with Gasteiger partial charge < -0.3 is 24.8 Å². The third kappa shape index (κ3) is 4.26. The minimum Gasteiger partial charge on any atom is -0.486 e. The van der Waals surface area contributed by atoms with Crippen molar-refractivity contribution in [2.75, 3.05) is 25.1 Å². The molecule has 7 nitrogen and oxygen atoms in total. The van der Waals surface area contributed by atoms with Gasteiger partial charge in [0.1, 0.15) is 18.8 Å². The molecule has 7 heteroatoms. The van der Waals surface area contributed by atoms with E-state index in [4.69, 9.17) is 14.2 Å². The van der Waals surface area contributed by atoms with Gasteiger partial charge in [-0.3, -0.25) is 9.59 Å². The van der Waals surface area contributed by atoms with E-state index >= 15 is 0 Å². The third-order valence-electron chi connectivity index (χ3n) is 4.67. The number of hydrogen-bond acceptors (Lipinski definition) is 5. The largest absolute Gasteiger partial charge is 0.486 e. The van der Waals surface area contributed by atoms with Crippen LogP contribution in [0.25, 0.3) is 0 Å². The number of benzene rings is 2. The summed E-state index contributed by atoms with van der Waals surface area (Å²) < 4.78 is 16.9. The molecule has 0 unspecified atom stereocenters. The van der Waals surface area contributed by atoms with Crippen molar-refractivity contribution in [3.8, 4) is 11.5 Å². The first-order chi connectivity index (χ1) is 13.7. The molecule has 2 atom stereocenters. The van der Waals surface area contributed by atoms with Crippen molar-refractivity contribution < 1.29 is 23.8 Å². The van der Waals surface area contributed by atoms with Crippen molar-refractivity contribution in [2.24, 2.45) is 0 Å². The quantitative estimate of drug-likeness (QED) is 0.829. The summed E-state index contributed by atoms with van der Waals surface area (Å²) in [4.78, 5) is 24.6. The summed E-state index contributed by atoms with van der Waals surface area (Å²) in [7, 11) is 0. The Kier molecular flexibility index (Phi) is 5.43. The SMILES string of the molecule is O=C(NC[C@H]1COc2ccccc2O1)c1cccc(NC(=O)[C@H]2CCCO2)c1. The van der Waals surface area contributed by atoms with Gasteiger partial charge in [0, 0.05) is 17.9 Å². The first-order valence-electron chi connectivity index (χ1n) is 9.38. The molecular weight excluding hydrogens is 360 g/mol. The lowest BCUT2D eigenvalue weighted by Crippen LogP contribution is -2.40. The van der Waals surface area contributed by atoms with Gasteiger partial charge >= 0.3 is 0 Å². The fourth-order valence-electron chi connectivity index (χ4n) is 3.22. The van der Waals surface area contributed by atoms with E-state index in [9.17, 15) is 9.59 Å². The summed E-state index contributed by atoms with van der Waals surface area (Å²) in [5, 5.41) is 5.66. The Hall–Kier alpha value is -3.06. The topological polar surface area (TPSA) is 85.9 Å². The Labute approximate surface area is 163 Å². The highest BCUT2D eigenvalue weighted by Crippen LogP contribution is 2.30. The van der Waals surface area contributed by atoms with Gasteiger partial charge in [0.2, 0.25) is 0 Å². The van der Waals surface area contributed by atoms with Crippen LogP contribution in [0.3, 0.4) is 0 Å². The second kappa shape index (κ2) is 8.31. The van der Waals surface area contributed by atoms with Gasteiger partial charge in [0.15, 0.2) is 11.5 Å². The minimum atomic E-state index is -0.413. The predicted molar refractivity (Wildman–Crippen MR) is 103 cm³/mol. The molecule has 0 aromatic heterocycles. The van der Waals surface area contributed by atoms with Gasteiger partial charge in [-0.05, 0) is 43.2 Å². The molecule has 0 saturated carbocycles. The molecular formula is C21H22N2O5. The zero-order valence-electron chi connectivity index (χ0n) is 15.4. The van der Waals surface area contributed by atoms with Crippen molar-refractivity contribution in [2.45, 2.75) is 25.0 Å². The van der Waals surface area contributed by atoms with Crippen molar-refractivity contribution in [1.82, 2.24) is 5.32 Å². The standard InChI is InChI=1S/C21H22N2O5/c24-20(22-12-16-13-27-17-7-1-2-8-18(17)28-16)14-5-3-6-15(11-14)23-21(25)19-9-4-10-26-19/h1-3,5-8,11,16,19H,4,9-10,12-13H2,(H,22,24)(H,23,25)/t16-,19+/m0/s1. The van der Waals surface area contributed by atoms with E-state index < -0.39 is 6.10 Å². The first-order valence-corrected chi connectivity index (χ1v) is 9.38. The zero-order chi connectivity index (χ0) is 19.3. The van der Waals surface area contributed by atoms with Crippen LogP contribution in [-0.4, -0.2) is 43.8 Å². The smallest absolute Gasteiger partial charge is 0.253 e. The number of carbonyl (C=O) groups excluding carboxylic acids is 2. The van der Waals surface area contributed by atoms with Crippen LogP contribution in [0.15, 0.2) is 48.5 Å². The molecule has 1 fully saturated rings. The van der Waals surface area contributed by atoms with Gasteiger partial charge in [0.05, 0.1) is 6.54 Å². The number of nitrogens with one attached hydrogen (secondary N) is 2. The van der Waals surface area contributed by atoms with Crippen LogP contribution in [-0.2, 0) is 9.53 Å². The summed E-state index contributed by atoms with van der Waals surface area (Å²) in [6.45, 7) is 1.30. The molecule has 2 aliphatic heterocycles. The van der Waals surface area contributed by atoms with Crippen molar-refractivity contribution >= 4 is 17.5 Å². The summed E-state index contributed by atoms with van der Waals surface area (Å²) in [5.74, 6) is 0.962. The van der Waals surface area contributed by atoms with Crippen LogP contribution in [0.1, 0.15) is 23.2 Å². The molecule has 146 valence electrons. The summed E-state index contributed by atoms with van der Waals surface area (Å²) in [6, 6.07) is 14.3. The Morgan fingerprint density at radius 1 is 1.07 bits per heavy atom. The zero-order valence-corrected chi connectivity index (χ0v) is 15.4. The van der Waals surface area contributed by atoms with Crippen LogP contribution < -0.4 is 20.1 Å². The molecule has 2 aromatic rings. The molecule has 0 spiro atoms. The van der Waals surface area contributed by atoms with E-state index in [-0.39, 0.29) is 17.9 Å². The second-order valence-electron chi connectivity index (χ2n) is 6.78. The maximum atomic E-state index is 12.5. The van der Waals surface area contributed by atoms with Crippen molar-refractivity contribution in [1.29, 1.82) is 0 Å². The Balaban J connectivity index is 1.32. The van der Waals surface area contributed by atoms with Gasteiger partial charge in [-0.25, -0.2) is 0 Å². The maximum absolute atomic E-state index is 12.5. The van der Waals surface area contributed by atoms with E-state index in [0.717, 1.165) is 12.8 Å². The molecule has 4 rings (SSSR count). The first kappa shape index (κ1) is 18.3. The molecule has 2 N–H and O–H groups in total. The number of fused-ring (bicyclic) bond motifs is 1. The van der Waals surface area contributed by atoms with E-state index in [0.29, 0.717) is 42.5 Å². The Morgan fingerprint density at radius 2 is 1.93 bits per heavy atom. The van der Waals surface area contributed by atoms with Crippen LogP contribution in [0.2, 0.25) is 0 Å². The molecule has 2 aromatic carbocycles. The minimum absolute atomic E-state index is 0.179. The Bertz CT molecular complexity index is 863. The van der Waals surface area contributed by atoms with E-state index in [1.54, 1.807) is 24.3 Å². The highest BCUT2D eigenvalue weighted by atomic mass is 16.6. The molecule has 1 saturated heterocycles. The average molecular weight is 382 g/mol. The van der Waals surface area contributed by atoms with Crippen LogP contribution in [0.5, 0.6) is 11.5 Å². The highest BCUT2D eigenvalue weighted by molar-refractivity contribution is 5.98. The normalized spacial score (nSPS) is 20.4. The van der Waals surface area contributed by atoms with E-state index in [1.165, 1.54) is 0 Å². The van der Waals surface area contributed by atoms with Gasteiger partial charge in [0.25, 0.3) is 11.8 Å². The van der Waals surface area contributed by atoms with Crippen LogP contribution >= 0.6 is 0 Å². The van der Waals surface area contributed by atoms with Crippen LogP contribution in [0, 0.1) is 0 Å². The molecule has 0 aliphatic carbocycles. The lowest BCUT2D eigenvalue weighted by molar-refractivity contribution is -0.124. The number of hydrogen-bond donors (Lipinski definition) is 2. The van der Waals surface area contributed by atoms with Gasteiger partial charge in [-0.15, -0.1) is 0 Å². The highest BCUT2D eigenvalue weighted by Gasteiger charge is 2.24. The van der Waals surface area contributed by atoms with Crippen molar-refractivity contribution in [3.05, 3.63) is 54.1 Å². The fourth-order valence-corrected chi connectivity index (χ4v) is 3.22. The molecule has 2 amide bonds. The summed E-state index contributed by atoms with van der Waals surface area (Å²) in [5.41, 5.74) is 1.03. The molecule has 28 heavy (non-hydrogen) atoms. The number of amides is 2. The monoisotopic (exact) mass is 382 g/mol. The molecule has 0 radical (unpaired) electrons. The maximum Gasteiger partial charge on any atom is 0.253 e. The number of para-hydroxylation sites is 2.